The molecule has 2 unspecified atom stereocenters. The van der Waals surface area contributed by atoms with E-state index in [1.807, 2.05) is 198 Å². The largest absolute Gasteiger partial charge is 0.346 e. The SMILES string of the molecule is C[C@H](NC(=O)c1ccccc1[C@@H]1n2c(=O)c3ccccc3c(=O)n2[C@@H](c2ccccc2C(=O)N[C@H](C)c2ccccc2)P1c1ccccc1P1[C@H](c2ccccc2C(=O)N[C@@H](C)c2ccccc2)n2c(=O)c3ccccc3c(=O)n2[C@H]1c1ccccc1C(=O)N[C@H](C)c1ccccc1)c1ccccc1. The van der Waals surface area contributed by atoms with Crippen LogP contribution in [0.2, 0.25) is 0 Å². The maximum absolute atomic E-state index is 16.5. The van der Waals surface area contributed by atoms with E-state index in [1.165, 1.54) is 18.7 Å². The molecule has 0 saturated heterocycles. The van der Waals surface area contributed by atoms with Crippen molar-refractivity contribution in [3.8, 4) is 0 Å². The summed E-state index contributed by atoms with van der Waals surface area (Å²) in [6.07, 6.45) is 0. The average Bonchev–Trinajstić information content (AvgIpc) is 1.54. The molecule has 11 aromatic carbocycles. The third-order valence-corrected chi connectivity index (χ3v) is 26.2. The summed E-state index contributed by atoms with van der Waals surface area (Å²) in [5.74, 6) is -6.70. The van der Waals surface area contributed by atoms with Gasteiger partial charge in [-0.25, -0.2) is 18.7 Å². The van der Waals surface area contributed by atoms with Gasteiger partial charge in [-0.15, -0.1) is 0 Å². The Morgan fingerprint density at radius 3 is 0.663 bits per heavy atom. The number of nitrogens with zero attached hydrogens (tertiary/aromatic N) is 4. The molecule has 15 rings (SSSR count). The maximum atomic E-state index is 16.5. The quantitative estimate of drug-likeness (QED) is 0.0607. The molecule has 4 heterocycles. The van der Waals surface area contributed by atoms with Crippen molar-refractivity contribution in [1.82, 2.24) is 40.0 Å². The van der Waals surface area contributed by atoms with Crippen LogP contribution in [0.3, 0.4) is 0 Å². The van der Waals surface area contributed by atoms with Crippen molar-refractivity contribution in [2.45, 2.75) is 75.0 Å². The van der Waals surface area contributed by atoms with Crippen molar-refractivity contribution < 1.29 is 19.2 Å². The standard InChI is InChI=1S/C86H72N8O8P2/c1-53(57-31-9-5-10-32-57)87-75(95)61-39-17-25-47-69(61)83-91-79(99)65-43-21-22-44-66(65)80(100)92(91)84(70-48-26-18-40-62(70)76(96)88-54(2)58-33-11-6-12-34-58)103(83)73-51-29-30-52-74(73)104-85(71-49-27-19-41-63(71)77(97)89-55(3)59-35-13-7-14-36-59)93-81(101)67-45-23-24-46-68(67)82(102)94(93)86(104)72-50-28-20-42-64(72)78(98)90-56(4)60-37-15-8-16-38-60/h5-56,83-86H,1-4H3,(H,87,95)(H,88,96)(H,89,97)(H,90,98)/t53-,54+,55-,56+,83-,84-,85-,86-,103?,104?/m1/s1. The Kier molecular flexibility index (Phi) is 18.8. The summed E-state index contributed by atoms with van der Waals surface area (Å²) in [5.41, 5.74) is 3.59. The minimum absolute atomic E-state index is 0.125. The molecule has 2 aliphatic heterocycles. The highest BCUT2D eigenvalue weighted by Crippen LogP contribution is 2.70. The normalized spacial score (nSPS) is 17.8. The number of rotatable bonds is 18. The van der Waals surface area contributed by atoms with Crippen molar-refractivity contribution in [3.63, 3.8) is 0 Å². The molecule has 0 fully saturated rings. The van der Waals surface area contributed by atoms with Crippen molar-refractivity contribution >= 4 is 71.6 Å². The van der Waals surface area contributed by atoms with E-state index in [0.29, 0.717) is 32.9 Å². The average molecular weight is 1410 g/mol. The Hall–Kier alpha value is -12.0. The topological polar surface area (TPSA) is 204 Å². The smallest absolute Gasteiger partial charge is 0.274 e. The third-order valence-electron chi connectivity index (χ3n) is 20.0. The number of hydrogen-bond acceptors (Lipinski definition) is 8. The lowest BCUT2D eigenvalue weighted by atomic mass is 10.0. The van der Waals surface area contributed by atoms with Gasteiger partial charge < -0.3 is 21.3 Å². The number of hydrogen-bond donors (Lipinski definition) is 4. The predicted molar refractivity (Wildman–Crippen MR) is 412 cm³/mol. The molecule has 514 valence electrons. The van der Waals surface area contributed by atoms with Crippen molar-refractivity contribution in [2.75, 3.05) is 0 Å². The molecule has 0 bridgehead atoms. The van der Waals surface area contributed by atoms with Gasteiger partial charge in [-0.1, -0.05) is 243 Å². The number of carbonyl (C=O) groups excluding carboxylic acids is 4. The fourth-order valence-corrected chi connectivity index (χ4v) is 22.3. The zero-order valence-electron chi connectivity index (χ0n) is 57.3. The van der Waals surface area contributed by atoms with E-state index in [1.54, 1.807) is 121 Å². The van der Waals surface area contributed by atoms with Crippen LogP contribution in [-0.4, -0.2) is 42.4 Å². The Balaban J connectivity index is 1.04. The van der Waals surface area contributed by atoms with Gasteiger partial charge in [0.25, 0.3) is 45.9 Å². The number of nitrogens with one attached hydrogen (secondary N) is 4. The van der Waals surface area contributed by atoms with Crippen molar-refractivity contribution in [3.05, 3.63) is 399 Å². The van der Waals surface area contributed by atoms with Crippen molar-refractivity contribution in [1.29, 1.82) is 0 Å². The minimum atomic E-state index is -2.35. The van der Waals surface area contributed by atoms with E-state index in [0.717, 1.165) is 22.3 Å². The Morgan fingerprint density at radius 1 is 0.260 bits per heavy atom. The molecule has 0 radical (unpaired) electrons. The van der Waals surface area contributed by atoms with Crippen LogP contribution in [0.4, 0.5) is 0 Å². The summed E-state index contributed by atoms with van der Waals surface area (Å²) >= 11 is 0. The molecular formula is C86H72N8O8P2. The van der Waals surface area contributed by atoms with E-state index in [2.05, 4.69) is 21.3 Å². The summed E-state index contributed by atoms with van der Waals surface area (Å²) in [5, 5.41) is 14.6. The lowest BCUT2D eigenvalue weighted by Gasteiger charge is -2.33. The zero-order valence-corrected chi connectivity index (χ0v) is 59.1. The zero-order chi connectivity index (χ0) is 71.9. The number of fused-ring (bicyclic) bond motifs is 4. The minimum Gasteiger partial charge on any atom is -0.346 e. The number of carbonyl (C=O) groups is 4. The Bertz CT molecular complexity index is 5070. The molecule has 0 aliphatic carbocycles. The third kappa shape index (κ3) is 12.3. The summed E-state index contributed by atoms with van der Waals surface area (Å²) in [6.45, 7) is 7.56. The van der Waals surface area contributed by atoms with E-state index in [9.17, 15) is 0 Å². The van der Waals surface area contributed by atoms with Crippen LogP contribution >= 0.6 is 15.8 Å². The van der Waals surface area contributed by atoms with Gasteiger partial charge in [-0.3, -0.25) is 38.4 Å². The van der Waals surface area contributed by atoms with Crippen LogP contribution in [0.15, 0.2) is 310 Å². The van der Waals surface area contributed by atoms with E-state index in [-0.39, 0.29) is 43.8 Å². The van der Waals surface area contributed by atoms with Gasteiger partial charge in [0.05, 0.1) is 45.7 Å². The molecule has 16 nitrogen and oxygen atoms in total. The van der Waals surface area contributed by atoms with Gasteiger partial charge in [-0.2, -0.15) is 0 Å². The fraction of sp³-hybridized carbons (Fsp3) is 0.140. The summed E-state index contributed by atoms with van der Waals surface area (Å²) in [6, 6.07) is 85.5. The van der Waals surface area contributed by atoms with Crippen LogP contribution in [-0.2, 0) is 0 Å². The molecule has 13 aromatic rings. The molecule has 0 spiro atoms. The Morgan fingerprint density at radius 2 is 0.442 bits per heavy atom. The first-order chi connectivity index (χ1) is 50.7. The van der Waals surface area contributed by atoms with E-state index < -0.39 is 109 Å². The van der Waals surface area contributed by atoms with Crippen LogP contribution in [0.25, 0.3) is 21.5 Å². The van der Waals surface area contributed by atoms with Crippen LogP contribution in [0, 0.1) is 0 Å². The summed E-state index contributed by atoms with van der Waals surface area (Å²) in [7, 11) is -4.71. The lowest BCUT2D eigenvalue weighted by molar-refractivity contribution is 0.0930. The highest BCUT2D eigenvalue weighted by Gasteiger charge is 2.53. The second-order valence-corrected chi connectivity index (χ2v) is 30.8. The monoisotopic (exact) mass is 1410 g/mol. The van der Waals surface area contributed by atoms with Crippen LogP contribution < -0.4 is 54.1 Å². The number of amides is 4. The molecule has 104 heavy (non-hydrogen) atoms. The molecular weight excluding hydrogens is 1330 g/mol. The molecule has 10 atom stereocenters. The fourth-order valence-electron chi connectivity index (χ4n) is 14.9. The second kappa shape index (κ2) is 28.8. The maximum Gasteiger partial charge on any atom is 0.274 e. The summed E-state index contributed by atoms with van der Waals surface area (Å²) < 4.78 is 5.95. The number of aromatic nitrogens is 4. The molecule has 2 aliphatic rings. The summed E-state index contributed by atoms with van der Waals surface area (Å²) in [4.78, 5) is 128. The molecule has 0 saturated carbocycles. The first-order valence-electron chi connectivity index (χ1n) is 34.6. The highest BCUT2D eigenvalue weighted by atomic mass is 31.1. The number of benzene rings is 11. The van der Waals surface area contributed by atoms with Gasteiger partial charge in [0.1, 0.15) is 23.1 Å². The van der Waals surface area contributed by atoms with Crippen molar-refractivity contribution in [2.24, 2.45) is 0 Å². The van der Waals surface area contributed by atoms with Gasteiger partial charge in [0.15, 0.2) is 0 Å². The first-order valence-corrected chi connectivity index (χ1v) is 37.6. The first kappa shape index (κ1) is 67.8. The highest BCUT2D eigenvalue weighted by molar-refractivity contribution is 7.72. The lowest BCUT2D eigenvalue weighted by Crippen LogP contribution is -2.38. The van der Waals surface area contributed by atoms with Crippen LogP contribution in [0.1, 0.15) is 161 Å². The van der Waals surface area contributed by atoms with Gasteiger partial charge >= 0.3 is 0 Å². The van der Waals surface area contributed by atoms with E-state index in [4.69, 9.17) is 0 Å². The molecule has 2 aromatic heterocycles. The van der Waals surface area contributed by atoms with Gasteiger partial charge in [0.2, 0.25) is 0 Å². The molecule has 4 amide bonds. The molecule has 4 N–H and O–H groups in total. The molecule has 18 heteroatoms. The predicted octanol–water partition coefficient (Wildman–Crippen LogP) is 14.4. The Labute approximate surface area is 601 Å². The second-order valence-electron chi connectivity index (χ2n) is 26.3. The van der Waals surface area contributed by atoms with Gasteiger partial charge in [-0.05, 0) is 147 Å². The van der Waals surface area contributed by atoms with E-state index >= 15 is 38.4 Å². The van der Waals surface area contributed by atoms with Crippen LogP contribution in [0.5, 0.6) is 0 Å². The van der Waals surface area contributed by atoms with Gasteiger partial charge in [0, 0.05) is 22.3 Å².